The summed E-state index contributed by atoms with van der Waals surface area (Å²) in [7, 11) is 3.03. The first-order valence-electron chi connectivity index (χ1n) is 6.91. The summed E-state index contributed by atoms with van der Waals surface area (Å²) in [5, 5.41) is 5.38. The quantitative estimate of drug-likeness (QED) is 0.785. The summed E-state index contributed by atoms with van der Waals surface area (Å²) in [6.45, 7) is 0.672. The third-order valence-electron chi connectivity index (χ3n) is 3.34. The van der Waals surface area contributed by atoms with Crippen LogP contribution in [0.3, 0.4) is 0 Å². The third-order valence-corrected chi connectivity index (χ3v) is 3.34. The van der Waals surface area contributed by atoms with Gasteiger partial charge in [-0.3, -0.25) is 9.59 Å². The summed E-state index contributed by atoms with van der Waals surface area (Å²) in [5.41, 5.74) is 0.419. The Morgan fingerprint density at radius 3 is 2.48 bits per heavy atom. The van der Waals surface area contributed by atoms with Crippen LogP contribution in [-0.2, 0) is 4.79 Å². The van der Waals surface area contributed by atoms with Crippen molar-refractivity contribution in [3.05, 3.63) is 23.8 Å². The molecule has 1 aromatic rings. The maximum absolute atomic E-state index is 12.0. The number of rotatable bonds is 7. The van der Waals surface area contributed by atoms with Crippen LogP contribution in [0, 0.1) is 5.92 Å². The molecule has 2 rings (SSSR count). The lowest BCUT2D eigenvalue weighted by Crippen LogP contribution is -2.37. The van der Waals surface area contributed by atoms with E-state index in [1.54, 1.807) is 18.2 Å². The van der Waals surface area contributed by atoms with E-state index < -0.39 is 0 Å². The van der Waals surface area contributed by atoms with E-state index in [9.17, 15) is 9.59 Å². The van der Waals surface area contributed by atoms with Gasteiger partial charge in [-0.05, 0) is 37.0 Å². The maximum Gasteiger partial charge on any atom is 0.251 e. The van der Waals surface area contributed by atoms with E-state index in [-0.39, 0.29) is 18.4 Å². The molecule has 0 aliphatic heterocycles. The zero-order chi connectivity index (χ0) is 15.2. The number of hydrogen-bond donors (Lipinski definition) is 2. The second-order valence-electron chi connectivity index (χ2n) is 5.00. The van der Waals surface area contributed by atoms with E-state index in [1.807, 2.05) is 0 Å². The second-order valence-corrected chi connectivity index (χ2v) is 5.00. The van der Waals surface area contributed by atoms with Crippen LogP contribution < -0.4 is 20.1 Å². The normalized spacial score (nSPS) is 13.4. The van der Waals surface area contributed by atoms with Crippen LogP contribution in [0.25, 0.3) is 0 Å². The molecule has 0 radical (unpaired) electrons. The van der Waals surface area contributed by atoms with Gasteiger partial charge in [0.25, 0.3) is 5.91 Å². The van der Waals surface area contributed by atoms with Crippen LogP contribution >= 0.6 is 0 Å². The number of carbonyl (C=O) groups excluding carboxylic acids is 2. The first-order valence-corrected chi connectivity index (χ1v) is 6.91. The Morgan fingerprint density at radius 1 is 1.14 bits per heavy atom. The fourth-order valence-electron chi connectivity index (χ4n) is 1.88. The van der Waals surface area contributed by atoms with Gasteiger partial charge in [0.15, 0.2) is 11.5 Å². The average Bonchev–Trinajstić information content (AvgIpc) is 3.34. The van der Waals surface area contributed by atoms with Gasteiger partial charge in [-0.1, -0.05) is 0 Å². The van der Waals surface area contributed by atoms with Crippen LogP contribution in [0.2, 0.25) is 0 Å². The van der Waals surface area contributed by atoms with Crippen LogP contribution in [0.15, 0.2) is 18.2 Å². The molecule has 2 N–H and O–H groups in total. The summed E-state index contributed by atoms with van der Waals surface area (Å²) >= 11 is 0. The minimum Gasteiger partial charge on any atom is -0.493 e. The van der Waals surface area contributed by atoms with Gasteiger partial charge in [0, 0.05) is 12.1 Å². The molecule has 1 aliphatic rings. The second kappa shape index (κ2) is 6.97. The molecule has 0 spiro atoms. The molecule has 1 aromatic carbocycles. The summed E-state index contributed by atoms with van der Waals surface area (Å²) in [6.07, 6.45) is 2.36. The van der Waals surface area contributed by atoms with Gasteiger partial charge in [-0.2, -0.15) is 0 Å². The lowest BCUT2D eigenvalue weighted by atomic mass is 10.2. The molecule has 0 bridgehead atoms. The molecule has 0 atom stereocenters. The topological polar surface area (TPSA) is 76.7 Å². The molecule has 0 saturated heterocycles. The van der Waals surface area contributed by atoms with Gasteiger partial charge in [-0.25, -0.2) is 0 Å². The molecule has 0 heterocycles. The Morgan fingerprint density at radius 2 is 1.86 bits per heavy atom. The molecule has 0 unspecified atom stereocenters. The number of nitrogens with one attached hydrogen (secondary N) is 2. The molecule has 6 nitrogen and oxygen atoms in total. The Kier molecular flexibility index (Phi) is 5.03. The van der Waals surface area contributed by atoms with Crippen molar-refractivity contribution in [3.8, 4) is 11.5 Å². The van der Waals surface area contributed by atoms with E-state index >= 15 is 0 Å². The summed E-state index contributed by atoms with van der Waals surface area (Å²) in [6, 6.07) is 4.86. The van der Waals surface area contributed by atoms with Gasteiger partial charge in [0.1, 0.15) is 0 Å². The Bertz CT molecular complexity index is 526. The number of carbonyl (C=O) groups is 2. The van der Waals surface area contributed by atoms with Gasteiger partial charge in [0.05, 0.1) is 20.8 Å². The lowest BCUT2D eigenvalue weighted by molar-refractivity contribution is -0.120. The zero-order valence-electron chi connectivity index (χ0n) is 12.3. The number of amides is 2. The number of benzene rings is 1. The maximum atomic E-state index is 12.0. The Balaban J connectivity index is 1.85. The standard InChI is InChI=1S/C15H20N2O4/c1-20-12-6-5-11(7-13(12)21-2)15(19)17-9-14(18)16-8-10-3-4-10/h5-7,10H,3-4,8-9H2,1-2H3,(H,16,18)(H,17,19). The third kappa shape index (κ3) is 4.37. The van der Waals surface area contributed by atoms with Crippen LogP contribution in [-0.4, -0.2) is 39.1 Å². The van der Waals surface area contributed by atoms with Crippen molar-refractivity contribution in [3.63, 3.8) is 0 Å². The fraction of sp³-hybridized carbons (Fsp3) is 0.467. The largest absolute Gasteiger partial charge is 0.493 e. The predicted molar refractivity (Wildman–Crippen MR) is 77.6 cm³/mol. The van der Waals surface area contributed by atoms with Gasteiger partial charge in [0.2, 0.25) is 5.91 Å². The highest BCUT2D eigenvalue weighted by atomic mass is 16.5. The summed E-state index contributed by atoms with van der Waals surface area (Å²) in [5.74, 6) is 1.16. The minimum absolute atomic E-state index is 0.0279. The monoisotopic (exact) mass is 292 g/mol. The molecular weight excluding hydrogens is 272 g/mol. The molecular formula is C15H20N2O4. The molecule has 1 saturated carbocycles. The van der Waals surface area contributed by atoms with Gasteiger partial charge in [-0.15, -0.1) is 0 Å². The van der Waals surface area contributed by atoms with Crippen LogP contribution in [0.4, 0.5) is 0 Å². The van der Waals surface area contributed by atoms with Crippen LogP contribution in [0.5, 0.6) is 11.5 Å². The van der Waals surface area contributed by atoms with Gasteiger partial charge < -0.3 is 20.1 Å². The summed E-state index contributed by atoms with van der Waals surface area (Å²) < 4.78 is 10.2. The SMILES string of the molecule is COc1ccc(C(=O)NCC(=O)NCC2CC2)cc1OC. The van der Waals surface area contributed by atoms with E-state index in [1.165, 1.54) is 27.1 Å². The molecule has 2 amide bonds. The molecule has 1 fully saturated rings. The first kappa shape index (κ1) is 15.2. The molecule has 1 aliphatic carbocycles. The van der Waals surface area contributed by atoms with Crippen molar-refractivity contribution in [2.45, 2.75) is 12.8 Å². The zero-order valence-corrected chi connectivity index (χ0v) is 12.3. The smallest absolute Gasteiger partial charge is 0.251 e. The fourth-order valence-corrected chi connectivity index (χ4v) is 1.88. The van der Waals surface area contributed by atoms with E-state index in [0.717, 1.165) is 0 Å². The highest BCUT2D eigenvalue weighted by molar-refractivity contribution is 5.97. The van der Waals surface area contributed by atoms with Crippen molar-refractivity contribution >= 4 is 11.8 Å². The van der Waals surface area contributed by atoms with Crippen molar-refractivity contribution in [2.24, 2.45) is 5.92 Å². The first-order chi connectivity index (χ1) is 10.1. The van der Waals surface area contributed by atoms with E-state index in [0.29, 0.717) is 29.5 Å². The Labute approximate surface area is 123 Å². The van der Waals surface area contributed by atoms with Crippen molar-refractivity contribution < 1.29 is 19.1 Å². The highest BCUT2D eigenvalue weighted by Crippen LogP contribution is 2.28. The molecule has 21 heavy (non-hydrogen) atoms. The predicted octanol–water partition coefficient (Wildman–Crippen LogP) is 0.960. The highest BCUT2D eigenvalue weighted by Gasteiger charge is 2.21. The number of methoxy groups -OCH3 is 2. The molecule has 114 valence electrons. The average molecular weight is 292 g/mol. The van der Waals surface area contributed by atoms with E-state index in [2.05, 4.69) is 10.6 Å². The number of ether oxygens (including phenoxy) is 2. The minimum atomic E-state index is -0.322. The molecule has 6 heteroatoms. The van der Waals surface area contributed by atoms with Crippen molar-refractivity contribution in [2.75, 3.05) is 27.3 Å². The van der Waals surface area contributed by atoms with E-state index in [4.69, 9.17) is 9.47 Å². The Hall–Kier alpha value is -2.24. The van der Waals surface area contributed by atoms with Crippen molar-refractivity contribution in [1.29, 1.82) is 0 Å². The molecule has 0 aromatic heterocycles. The van der Waals surface area contributed by atoms with Gasteiger partial charge >= 0.3 is 0 Å². The summed E-state index contributed by atoms with van der Waals surface area (Å²) in [4.78, 5) is 23.5. The van der Waals surface area contributed by atoms with Crippen molar-refractivity contribution in [1.82, 2.24) is 10.6 Å². The van der Waals surface area contributed by atoms with Crippen LogP contribution in [0.1, 0.15) is 23.2 Å². The lowest BCUT2D eigenvalue weighted by Gasteiger charge is -2.10. The number of hydrogen-bond acceptors (Lipinski definition) is 4.